The molecule has 1 aliphatic rings. The van der Waals surface area contributed by atoms with Crippen LogP contribution in [0.2, 0.25) is 0 Å². The van der Waals surface area contributed by atoms with Gasteiger partial charge in [-0.2, -0.15) is 0 Å². The zero-order valence-corrected chi connectivity index (χ0v) is 13.5. The van der Waals surface area contributed by atoms with Crippen LogP contribution in [0.1, 0.15) is 20.7 Å². The van der Waals surface area contributed by atoms with Gasteiger partial charge in [0.15, 0.2) is 0 Å². The number of carbonyl (C=O) groups is 2. The van der Waals surface area contributed by atoms with Gasteiger partial charge < -0.3 is 20.4 Å². The molecule has 6 nitrogen and oxygen atoms in total. The van der Waals surface area contributed by atoms with Gasteiger partial charge in [0.1, 0.15) is 12.1 Å². The number of benzene rings is 1. The standard InChI is InChI=1S/C16H16FN3O3.ClH/c17-12-1-2-13(16(22)19-8-10-6-18-7-10)14(5-12)20-15(21)11-3-4-23-9-11;/h1-5,9-10,18H,6-8H2,(H,19,22)(H,20,21);1H. The summed E-state index contributed by atoms with van der Waals surface area (Å²) in [4.78, 5) is 24.3. The Balaban J connectivity index is 0.00000208. The summed E-state index contributed by atoms with van der Waals surface area (Å²) in [7, 11) is 0. The second kappa shape index (κ2) is 7.94. The molecular formula is C16H17ClFN3O3. The smallest absolute Gasteiger partial charge is 0.258 e. The van der Waals surface area contributed by atoms with E-state index in [2.05, 4.69) is 16.0 Å². The zero-order chi connectivity index (χ0) is 16.2. The van der Waals surface area contributed by atoms with Crippen molar-refractivity contribution in [2.75, 3.05) is 25.0 Å². The molecule has 0 aliphatic carbocycles. The van der Waals surface area contributed by atoms with Crippen LogP contribution in [0.4, 0.5) is 10.1 Å². The van der Waals surface area contributed by atoms with Crippen molar-refractivity contribution >= 4 is 29.9 Å². The normalized spacial score (nSPS) is 13.5. The lowest BCUT2D eigenvalue weighted by Gasteiger charge is -2.27. The second-order valence-electron chi connectivity index (χ2n) is 5.39. The highest BCUT2D eigenvalue weighted by Crippen LogP contribution is 2.19. The number of rotatable bonds is 5. The van der Waals surface area contributed by atoms with Crippen molar-refractivity contribution < 1.29 is 18.4 Å². The first-order valence-electron chi connectivity index (χ1n) is 7.25. The molecule has 0 atom stereocenters. The van der Waals surface area contributed by atoms with E-state index in [1.165, 1.54) is 30.7 Å². The van der Waals surface area contributed by atoms with Gasteiger partial charge in [-0.05, 0) is 24.3 Å². The average molecular weight is 354 g/mol. The van der Waals surface area contributed by atoms with Crippen molar-refractivity contribution in [2.24, 2.45) is 5.92 Å². The van der Waals surface area contributed by atoms with Gasteiger partial charge in [0.05, 0.1) is 23.1 Å². The van der Waals surface area contributed by atoms with E-state index in [1.807, 2.05) is 0 Å². The first-order chi connectivity index (χ1) is 11.1. The Kier molecular flexibility index (Phi) is 5.94. The van der Waals surface area contributed by atoms with Gasteiger partial charge in [-0.1, -0.05) is 0 Å². The second-order valence-corrected chi connectivity index (χ2v) is 5.39. The number of halogens is 2. The van der Waals surface area contributed by atoms with E-state index in [0.29, 0.717) is 18.0 Å². The van der Waals surface area contributed by atoms with E-state index in [0.717, 1.165) is 19.2 Å². The largest absolute Gasteiger partial charge is 0.472 e. The predicted octanol–water partition coefficient (Wildman–Crippen LogP) is 2.04. The van der Waals surface area contributed by atoms with Crippen LogP contribution in [0, 0.1) is 11.7 Å². The van der Waals surface area contributed by atoms with Crippen molar-refractivity contribution in [3.63, 3.8) is 0 Å². The summed E-state index contributed by atoms with van der Waals surface area (Å²) in [6, 6.07) is 5.15. The van der Waals surface area contributed by atoms with Gasteiger partial charge in [-0.15, -0.1) is 12.4 Å². The maximum atomic E-state index is 13.5. The fourth-order valence-corrected chi connectivity index (χ4v) is 2.23. The summed E-state index contributed by atoms with van der Waals surface area (Å²) in [6.45, 7) is 2.28. The molecule has 0 bridgehead atoms. The van der Waals surface area contributed by atoms with E-state index in [1.54, 1.807) is 0 Å². The minimum Gasteiger partial charge on any atom is -0.472 e. The molecular weight excluding hydrogens is 337 g/mol. The molecule has 1 aromatic heterocycles. The minimum atomic E-state index is -0.535. The predicted molar refractivity (Wildman–Crippen MR) is 89.0 cm³/mol. The van der Waals surface area contributed by atoms with E-state index in [9.17, 15) is 14.0 Å². The molecule has 3 rings (SSSR count). The third-order valence-corrected chi connectivity index (χ3v) is 3.68. The van der Waals surface area contributed by atoms with Crippen LogP contribution in [0.25, 0.3) is 0 Å². The Bertz CT molecular complexity index is 717. The van der Waals surface area contributed by atoms with Crippen molar-refractivity contribution in [3.05, 3.63) is 53.7 Å². The molecule has 1 aliphatic heterocycles. The Labute approximate surface area is 144 Å². The number of amides is 2. The summed E-state index contributed by atoms with van der Waals surface area (Å²) in [5, 5.41) is 8.45. The van der Waals surface area contributed by atoms with Crippen LogP contribution in [0.15, 0.2) is 41.2 Å². The van der Waals surface area contributed by atoms with Crippen LogP contribution >= 0.6 is 12.4 Å². The molecule has 3 N–H and O–H groups in total. The third kappa shape index (κ3) is 4.12. The molecule has 128 valence electrons. The highest BCUT2D eigenvalue weighted by atomic mass is 35.5. The Morgan fingerprint density at radius 2 is 2.04 bits per heavy atom. The van der Waals surface area contributed by atoms with Crippen LogP contribution in [-0.4, -0.2) is 31.4 Å². The SMILES string of the molecule is Cl.O=C(Nc1cc(F)ccc1C(=O)NCC1CNC1)c1ccoc1. The summed E-state index contributed by atoms with van der Waals surface area (Å²) < 4.78 is 18.3. The van der Waals surface area contributed by atoms with Crippen LogP contribution in [0.3, 0.4) is 0 Å². The molecule has 2 amide bonds. The van der Waals surface area contributed by atoms with Crippen molar-refractivity contribution in [1.29, 1.82) is 0 Å². The average Bonchev–Trinajstić information content (AvgIpc) is 2.99. The number of hydrogen-bond acceptors (Lipinski definition) is 4. The quantitative estimate of drug-likeness (QED) is 0.768. The summed E-state index contributed by atoms with van der Waals surface area (Å²) in [6.07, 6.45) is 2.64. The maximum absolute atomic E-state index is 13.5. The third-order valence-electron chi connectivity index (χ3n) is 3.68. The van der Waals surface area contributed by atoms with Gasteiger partial charge in [0.25, 0.3) is 11.8 Å². The lowest BCUT2D eigenvalue weighted by atomic mass is 10.0. The molecule has 0 spiro atoms. The van der Waals surface area contributed by atoms with Gasteiger partial charge in [0, 0.05) is 25.6 Å². The summed E-state index contributed by atoms with van der Waals surface area (Å²) in [5.41, 5.74) is 0.636. The minimum absolute atomic E-state index is 0. The first-order valence-corrected chi connectivity index (χ1v) is 7.25. The Hall–Kier alpha value is -2.38. The first kappa shape index (κ1) is 18.0. The van der Waals surface area contributed by atoms with Crippen molar-refractivity contribution in [1.82, 2.24) is 10.6 Å². The zero-order valence-electron chi connectivity index (χ0n) is 12.7. The van der Waals surface area contributed by atoms with E-state index >= 15 is 0 Å². The van der Waals surface area contributed by atoms with Gasteiger partial charge in [-0.25, -0.2) is 4.39 Å². The number of nitrogens with one attached hydrogen (secondary N) is 3. The van der Waals surface area contributed by atoms with Gasteiger partial charge >= 0.3 is 0 Å². The fraction of sp³-hybridized carbons (Fsp3) is 0.250. The van der Waals surface area contributed by atoms with Gasteiger partial charge in [0.2, 0.25) is 0 Å². The molecule has 0 unspecified atom stereocenters. The van der Waals surface area contributed by atoms with E-state index in [4.69, 9.17) is 4.42 Å². The van der Waals surface area contributed by atoms with Crippen LogP contribution < -0.4 is 16.0 Å². The van der Waals surface area contributed by atoms with E-state index < -0.39 is 11.7 Å². The number of furan rings is 1. The molecule has 24 heavy (non-hydrogen) atoms. The number of anilines is 1. The number of hydrogen-bond donors (Lipinski definition) is 3. The van der Waals surface area contributed by atoms with Crippen molar-refractivity contribution in [2.45, 2.75) is 0 Å². The van der Waals surface area contributed by atoms with E-state index in [-0.39, 0.29) is 29.6 Å². The highest BCUT2D eigenvalue weighted by Gasteiger charge is 2.20. The van der Waals surface area contributed by atoms with Gasteiger partial charge in [-0.3, -0.25) is 9.59 Å². The van der Waals surface area contributed by atoms with Crippen LogP contribution in [0.5, 0.6) is 0 Å². The molecule has 1 saturated heterocycles. The highest BCUT2D eigenvalue weighted by molar-refractivity contribution is 6.08. The lowest BCUT2D eigenvalue weighted by molar-refractivity contribution is 0.0943. The molecule has 8 heteroatoms. The molecule has 2 aromatic rings. The molecule has 2 heterocycles. The lowest BCUT2D eigenvalue weighted by Crippen LogP contribution is -2.48. The monoisotopic (exact) mass is 353 g/mol. The topological polar surface area (TPSA) is 83.4 Å². The Morgan fingerprint density at radius 1 is 1.25 bits per heavy atom. The number of carbonyl (C=O) groups excluding carboxylic acids is 2. The molecule has 1 fully saturated rings. The summed E-state index contributed by atoms with van der Waals surface area (Å²) >= 11 is 0. The molecule has 0 radical (unpaired) electrons. The van der Waals surface area contributed by atoms with Crippen molar-refractivity contribution in [3.8, 4) is 0 Å². The van der Waals surface area contributed by atoms with Crippen LogP contribution in [-0.2, 0) is 0 Å². The maximum Gasteiger partial charge on any atom is 0.258 e. The molecule has 0 saturated carbocycles. The summed E-state index contributed by atoms with van der Waals surface area (Å²) in [5.74, 6) is -0.948. The Morgan fingerprint density at radius 3 is 2.67 bits per heavy atom. The fourth-order valence-electron chi connectivity index (χ4n) is 2.23. The molecule has 1 aromatic carbocycles.